The minimum absolute atomic E-state index is 0.705. The van der Waals surface area contributed by atoms with Crippen LogP contribution in [-0.2, 0) is 5.66 Å². The summed E-state index contributed by atoms with van der Waals surface area (Å²) in [7, 11) is 0. The quantitative estimate of drug-likeness (QED) is 0.216. The standard InChI is InChI=1S/C38H24N6O/c1-23-19-25(24-14-16-39-17-15-24)20-40-36(23)26-21-42-30-9-6-10-31-34(30)38(43(42)22-26)35-32(45-31)13-12-28-27-7-2-3-8-29(27)44(37(28)35)33-11-4-5-18-41(33)38/h2-22H,1H3/q+2. The molecule has 11 rings (SSSR count). The van der Waals surface area contributed by atoms with Crippen molar-refractivity contribution in [1.29, 1.82) is 0 Å². The lowest BCUT2D eigenvalue weighted by molar-refractivity contribution is -0.993. The van der Waals surface area contributed by atoms with E-state index in [1.54, 1.807) is 0 Å². The summed E-state index contributed by atoms with van der Waals surface area (Å²) in [5, 5.41) is 2.45. The van der Waals surface area contributed by atoms with E-state index in [2.05, 4.69) is 128 Å². The average Bonchev–Trinajstić information content (AvgIpc) is 3.75. The summed E-state index contributed by atoms with van der Waals surface area (Å²) in [4.78, 5) is 9.20. The number of nitrogens with zero attached hydrogens (tertiary/aromatic N) is 6. The fourth-order valence-corrected chi connectivity index (χ4v) is 8.12. The van der Waals surface area contributed by atoms with Gasteiger partial charge in [0.2, 0.25) is 6.20 Å². The highest BCUT2D eigenvalue weighted by molar-refractivity contribution is 6.11. The van der Waals surface area contributed by atoms with Gasteiger partial charge in [-0.15, -0.1) is 4.68 Å². The van der Waals surface area contributed by atoms with Crippen molar-refractivity contribution in [2.24, 2.45) is 0 Å². The third kappa shape index (κ3) is 2.65. The molecule has 210 valence electrons. The Morgan fingerprint density at radius 2 is 1.64 bits per heavy atom. The minimum Gasteiger partial charge on any atom is -0.456 e. The maximum absolute atomic E-state index is 6.76. The van der Waals surface area contributed by atoms with Crippen LogP contribution in [0.25, 0.3) is 55.7 Å². The Hall–Kier alpha value is -6.08. The highest BCUT2D eigenvalue weighted by atomic mass is 16.5. The van der Waals surface area contributed by atoms with Crippen LogP contribution < -0.4 is 14.0 Å². The molecule has 45 heavy (non-hydrogen) atoms. The largest absolute Gasteiger partial charge is 0.456 e. The lowest BCUT2D eigenvalue weighted by Crippen LogP contribution is -2.76. The Kier molecular flexibility index (Phi) is 4.10. The van der Waals surface area contributed by atoms with Gasteiger partial charge in [-0.1, -0.05) is 28.9 Å². The van der Waals surface area contributed by atoms with Gasteiger partial charge in [-0.3, -0.25) is 9.97 Å². The predicted octanol–water partition coefficient (Wildman–Crippen LogP) is 6.61. The number of ether oxygens (including phenoxy) is 1. The third-order valence-electron chi connectivity index (χ3n) is 9.83. The lowest BCUT2D eigenvalue weighted by atomic mass is 9.84. The molecule has 7 heteroatoms. The molecule has 3 aromatic carbocycles. The van der Waals surface area contributed by atoms with E-state index >= 15 is 0 Å². The first-order valence-electron chi connectivity index (χ1n) is 15.2. The van der Waals surface area contributed by atoms with Crippen molar-refractivity contribution >= 4 is 21.8 Å². The Morgan fingerprint density at radius 1 is 0.778 bits per heavy atom. The van der Waals surface area contributed by atoms with E-state index in [0.717, 1.165) is 62.1 Å². The molecule has 0 amide bonds. The van der Waals surface area contributed by atoms with Crippen molar-refractivity contribution in [3.8, 4) is 45.4 Å². The summed E-state index contributed by atoms with van der Waals surface area (Å²) >= 11 is 0. The van der Waals surface area contributed by atoms with Crippen LogP contribution in [0.15, 0.2) is 128 Å². The van der Waals surface area contributed by atoms with E-state index in [0.29, 0.717) is 0 Å². The second-order valence-electron chi connectivity index (χ2n) is 12.1. The average molecular weight is 581 g/mol. The summed E-state index contributed by atoms with van der Waals surface area (Å²) in [6.45, 7) is 2.14. The van der Waals surface area contributed by atoms with Crippen molar-refractivity contribution in [1.82, 2.24) is 19.2 Å². The SMILES string of the molecule is Cc1cc(-c2ccncc2)cnc1-c1cn2[n+](c1)C13c4c(cccc4-2)Oc2ccc4c5ccccc5n(c4c21)-c1cccc[n+]13. The van der Waals surface area contributed by atoms with Gasteiger partial charge in [0.15, 0.2) is 11.1 Å². The fraction of sp³-hybridized carbons (Fsp3) is 0.0526. The normalized spacial score (nSPS) is 16.4. The molecular weight excluding hydrogens is 556 g/mol. The zero-order chi connectivity index (χ0) is 29.4. The zero-order valence-corrected chi connectivity index (χ0v) is 24.2. The lowest BCUT2D eigenvalue weighted by Gasteiger charge is -2.32. The van der Waals surface area contributed by atoms with Gasteiger partial charge in [0.05, 0.1) is 23.7 Å². The summed E-state index contributed by atoms with van der Waals surface area (Å²) < 4.78 is 16.3. The molecule has 3 aliphatic heterocycles. The van der Waals surface area contributed by atoms with Gasteiger partial charge in [-0.2, -0.15) is 9.13 Å². The summed E-state index contributed by atoms with van der Waals surface area (Å²) in [6, 6.07) is 32.2. The number of rotatable bonds is 2. The Bertz CT molecular complexity index is 2600. The van der Waals surface area contributed by atoms with Gasteiger partial charge in [0, 0.05) is 41.0 Å². The Labute approximate surface area is 257 Å². The van der Waals surface area contributed by atoms with Gasteiger partial charge < -0.3 is 4.74 Å². The van der Waals surface area contributed by atoms with Crippen molar-refractivity contribution in [2.45, 2.75) is 12.6 Å². The fourth-order valence-electron chi connectivity index (χ4n) is 8.12. The van der Waals surface area contributed by atoms with Crippen LogP contribution in [0.2, 0.25) is 0 Å². The minimum atomic E-state index is -0.705. The van der Waals surface area contributed by atoms with Crippen LogP contribution in [0.1, 0.15) is 16.7 Å². The van der Waals surface area contributed by atoms with Crippen molar-refractivity contribution in [3.05, 3.63) is 145 Å². The van der Waals surface area contributed by atoms with Gasteiger partial charge in [0.1, 0.15) is 28.3 Å². The molecule has 1 spiro atoms. The topological polar surface area (TPSA) is 52.6 Å². The molecule has 8 heterocycles. The van der Waals surface area contributed by atoms with Crippen LogP contribution in [-0.4, -0.2) is 19.2 Å². The number of benzene rings is 3. The molecule has 1 atom stereocenters. The van der Waals surface area contributed by atoms with Gasteiger partial charge in [0.25, 0.3) is 5.82 Å². The zero-order valence-electron chi connectivity index (χ0n) is 24.2. The van der Waals surface area contributed by atoms with Crippen LogP contribution in [0.5, 0.6) is 11.5 Å². The summed E-state index contributed by atoms with van der Waals surface area (Å²) in [5.74, 6) is 2.86. The summed E-state index contributed by atoms with van der Waals surface area (Å²) in [5.41, 5.74) is 10.4. The summed E-state index contributed by atoms with van der Waals surface area (Å²) in [6.07, 6.45) is 12.3. The van der Waals surface area contributed by atoms with E-state index in [1.807, 2.05) is 30.7 Å². The number of hydrogen-bond acceptors (Lipinski definition) is 3. The number of para-hydroxylation sites is 1. The highest BCUT2D eigenvalue weighted by Gasteiger charge is 2.68. The molecule has 0 saturated carbocycles. The van der Waals surface area contributed by atoms with E-state index in [9.17, 15) is 0 Å². The van der Waals surface area contributed by atoms with Gasteiger partial charge >= 0.3 is 5.66 Å². The first-order chi connectivity index (χ1) is 22.2. The molecule has 0 radical (unpaired) electrons. The first kappa shape index (κ1) is 23.4. The van der Waals surface area contributed by atoms with E-state index < -0.39 is 5.66 Å². The highest BCUT2D eigenvalue weighted by Crippen LogP contribution is 2.55. The molecule has 7 nitrogen and oxygen atoms in total. The second kappa shape index (κ2) is 7.89. The number of aromatic nitrogens is 6. The van der Waals surface area contributed by atoms with E-state index in [4.69, 9.17) is 9.72 Å². The maximum Gasteiger partial charge on any atom is 0.397 e. The predicted molar refractivity (Wildman–Crippen MR) is 170 cm³/mol. The van der Waals surface area contributed by atoms with Crippen LogP contribution >= 0.6 is 0 Å². The van der Waals surface area contributed by atoms with Crippen molar-refractivity contribution in [3.63, 3.8) is 0 Å². The molecule has 5 aromatic heterocycles. The van der Waals surface area contributed by atoms with Gasteiger partial charge in [-0.25, -0.2) is 0 Å². The molecule has 0 saturated heterocycles. The van der Waals surface area contributed by atoms with Crippen molar-refractivity contribution < 1.29 is 14.0 Å². The van der Waals surface area contributed by atoms with Crippen molar-refractivity contribution in [2.75, 3.05) is 0 Å². The Balaban J connectivity index is 1.25. The number of pyridine rings is 3. The molecule has 0 bridgehead atoms. The maximum atomic E-state index is 6.76. The molecular formula is C38H24N6O+2. The van der Waals surface area contributed by atoms with E-state index in [-0.39, 0.29) is 0 Å². The monoisotopic (exact) mass is 580 g/mol. The molecule has 0 fully saturated rings. The smallest absolute Gasteiger partial charge is 0.397 e. The van der Waals surface area contributed by atoms with Gasteiger partial charge in [-0.05, 0) is 78.7 Å². The molecule has 1 unspecified atom stereocenters. The molecule has 8 aromatic rings. The van der Waals surface area contributed by atoms with Crippen LogP contribution in [0, 0.1) is 6.92 Å². The number of aryl methyl sites for hydroxylation is 1. The van der Waals surface area contributed by atoms with E-state index in [1.165, 1.54) is 21.8 Å². The number of fused-ring (bicyclic) bond motifs is 7. The second-order valence-corrected chi connectivity index (χ2v) is 12.1. The van der Waals surface area contributed by atoms with Crippen LogP contribution in [0.3, 0.4) is 0 Å². The molecule has 0 N–H and O–H groups in total. The first-order valence-corrected chi connectivity index (χ1v) is 15.2. The molecule has 0 aliphatic carbocycles. The molecule has 3 aliphatic rings. The van der Waals surface area contributed by atoms with Crippen LogP contribution in [0.4, 0.5) is 0 Å². The number of hydrogen-bond donors (Lipinski definition) is 0. The Morgan fingerprint density at radius 3 is 2.56 bits per heavy atom. The third-order valence-corrected chi connectivity index (χ3v) is 9.83.